The van der Waals surface area contributed by atoms with Crippen LogP contribution in [-0.4, -0.2) is 37.2 Å². The second-order valence-electron chi connectivity index (χ2n) is 19.9. The van der Waals surface area contributed by atoms with Crippen molar-refractivity contribution in [2.45, 2.75) is 309 Å². The maximum atomic E-state index is 12.8. The molecule has 0 aliphatic carbocycles. The zero-order chi connectivity index (χ0) is 50.0. The molecule has 6 heteroatoms. The first-order chi connectivity index (χ1) is 34.0. The number of rotatable bonds is 54. The molecule has 0 aromatic heterocycles. The van der Waals surface area contributed by atoms with Crippen molar-refractivity contribution in [3.63, 3.8) is 0 Å². The normalized spacial score (nSPS) is 12.4. The molecule has 0 N–H and O–H groups in total. The van der Waals surface area contributed by atoms with E-state index in [9.17, 15) is 14.4 Å². The Morgan fingerprint density at radius 1 is 0.304 bits per heavy atom. The molecule has 0 spiro atoms. The molecular weight excluding hydrogens is 853 g/mol. The van der Waals surface area contributed by atoms with Gasteiger partial charge in [-0.25, -0.2) is 0 Å². The van der Waals surface area contributed by atoms with Crippen molar-refractivity contribution < 1.29 is 28.6 Å². The molecule has 0 bridgehead atoms. The predicted octanol–water partition coefficient (Wildman–Crippen LogP) is 20.0. The van der Waals surface area contributed by atoms with Crippen LogP contribution in [0.2, 0.25) is 0 Å². The number of allylic oxidation sites excluding steroid dienone is 10. The standard InChI is InChI=1S/C63H112O6/c1-4-7-10-13-16-19-22-24-26-27-28-29-30-31-32-33-34-35-37-38-41-44-47-50-53-56-62(65)68-59-60(58-67-61(64)55-52-49-46-43-40-21-18-15-12-9-6-3)69-63(66)57-54-51-48-45-42-39-36-25-23-20-17-14-11-8-5-2/h7,10,15-16,18-19,24,26,28-29,60H,4-6,8-9,11-14,17,20-23,25,27,30-59H2,1-3H3/b10-7-,18-15-,19-16-,26-24-,29-28-. The fourth-order valence-corrected chi connectivity index (χ4v) is 8.53. The van der Waals surface area contributed by atoms with Gasteiger partial charge in [-0.1, -0.05) is 268 Å². The van der Waals surface area contributed by atoms with E-state index in [2.05, 4.69) is 81.5 Å². The molecule has 1 unspecified atom stereocenters. The lowest BCUT2D eigenvalue weighted by Gasteiger charge is -2.18. The first-order valence-corrected chi connectivity index (χ1v) is 29.8. The highest BCUT2D eigenvalue weighted by Gasteiger charge is 2.19. The molecular formula is C63H112O6. The van der Waals surface area contributed by atoms with Gasteiger partial charge in [0.2, 0.25) is 0 Å². The Labute approximate surface area is 428 Å². The Balaban J connectivity index is 4.23. The lowest BCUT2D eigenvalue weighted by Crippen LogP contribution is -2.30. The Morgan fingerprint density at radius 2 is 0.580 bits per heavy atom. The number of esters is 3. The summed E-state index contributed by atoms with van der Waals surface area (Å²) in [5, 5.41) is 0. The van der Waals surface area contributed by atoms with Crippen molar-refractivity contribution in [2.24, 2.45) is 0 Å². The molecule has 0 heterocycles. The van der Waals surface area contributed by atoms with Gasteiger partial charge < -0.3 is 14.2 Å². The summed E-state index contributed by atoms with van der Waals surface area (Å²) in [6.07, 6.45) is 72.2. The Kier molecular flexibility index (Phi) is 55.3. The Morgan fingerprint density at radius 3 is 0.942 bits per heavy atom. The average Bonchev–Trinajstić information content (AvgIpc) is 3.35. The summed E-state index contributed by atoms with van der Waals surface area (Å²) in [6.45, 7) is 6.51. The molecule has 0 aromatic rings. The average molecular weight is 966 g/mol. The van der Waals surface area contributed by atoms with Crippen molar-refractivity contribution in [3.8, 4) is 0 Å². The van der Waals surface area contributed by atoms with E-state index < -0.39 is 6.10 Å². The van der Waals surface area contributed by atoms with Gasteiger partial charge in [-0.2, -0.15) is 0 Å². The molecule has 0 saturated heterocycles. The lowest BCUT2D eigenvalue weighted by molar-refractivity contribution is -0.167. The summed E-state index contributed by atoms with van der Waals surface area (Å²) in [4.78, 5) is 38.1. The van der Waals surface area contributed by atoms with Crippen molar-refractivity contribution >= 4 is 17.9 Å². The Hall–Kier alpha value is -2.89. The van der Waals surface area contributed by atoms with Crippen molar-refractivity contribution in [3.05, 3.63) is 60.8 Å². The molecule has 1 atom stereocenters. The van der Waals surface area contributed by atoms with E-state index in [1.165, 1.54) is 173 Å². The van der Waals surface area contributed by atoms with E-state index in [1.54, 1.807) is 0 Å². The largest absolute Gasteiger partial charge is 0.462 e. The van der Waals surface area contributed by atoms with Crippen LogP contribution >= 0.6 is 0 Å². The highest BCUT2D eigenvalue weighted by molar-refractivity contribution is 5.71. The van der Waals surface area contributed by atoms with Gasteiger partial charge in [0.1, 0.15) is 13.2 Å². The van der Waals surface area contributed by atoms with Crippen LogP contribution in [0.1, 0.15) is 303 Å². The first-order valence-electron chi connectivity index (χ1n) is 29.8. The van der Waals surface area contributed by atoms with Crippen molar-refractivity contribution in [1.29, 1.82) is 0 Å². The van der Waals surface area contributed by atoms with Crippen LogP contribution in [0.5, 0.6) is 0 Å². The van der Waals surface area contributed by atoms with Crippen LogP contribution in [0.15, 0.2) is 60.8 Å². The minimum atomic E-state index is -0.775. The van der Waals surface area contributed by atoms with Gasteiger partial charge in [0.15, 0.2) is 6.10 Å². The fourth-order valence-electron chi connectivity index (χ4n) is 8.53. The van der Waals surface area contributed by atoms with Crippen LogP contribution < -0.4 is 0 Å². The maximum absolute atomic E-state index is 12.8. The minimum absolute atomic E-state index is 0.0745. The number of hydrogen-bond acceptors (Lipinski definition) is 6. The number of carbonyl (C=O) groups excluding carboxylic acids is 3. The van der Waals surface area contributed by atoms with Gasteiger partial charge in [0.05, 0.1) is 0 Å². The first kappa shape index (κ1) is 66.1. The maximum Gasteiger partial charge on any atom is 0.306 e. The quantitative estimate of drug-likeness (QED) is 0.0262. The van der Waals surface area contributed by atoms with E-state index in [0.29, 0.717) is 19.3 Å². The van der Waals surface area contributed by atoms with Gasteiger partial charge in [-0.05, 0) is 77.0 Å². The van der Waals surface area contributed by atoms with E-state index in [4.69, 9.17) is 14.2 Å². The minimum Gasteiger partial charge on any atom is -0.462 e. The lowest BCUT2D eigenvalue weighted by atomic mass is 10.0. The van der Waals surface area contributed by atoms with Gasteiger partial charge >= 0.3 is 17.9 Å². The van der Waals surface area contributed by atoms with Crippen LogP contribution in [0.3, 0.4) is 0 Å². The smallest absolute Gasteiger partial charge is 0.306 e. The second-order valence-corrected chi connectivity index (χ2v) is 19.9. The number of carbonyl (C=O) groups is 3. The van der Waals surface area contributed by atoms with Crippen LogP contribution in [-0.2, 0) is 28.6 Å². The third-order valence-electron chi connectivity index (χ3n) is 13.0. The van der Waals surface area contributed by atoms with Gasteiger partial charge in [0.25, 0.3) is 0 Å². The molecule has 0 aliphatic heterocycles. The van der Waals surface area contributed by atoms with E-state index in [0.717, 1.165) is 89.9 Å². The number of unbranched alkanes of at least 4 members (excludes halogenated alkanes) is 33. The number of ether oxygens (including phenoxy) is 3. The van der Waals surface area contributed by atoms with Crippen molar-refractivity contribution in [1.82, 2.24) is 0 Å². The Bertz CT molecular complexity index is 1250. The molecule has 400 valence electrons. The predicted molar refractivity (Wildman–Crippen MR) is 298 cm³/mol. The third kappa shape index (κ3) is 55.9. The van der Waals surface area contributed by atoms with Gasteiger partial charge in [-0.3, -0.25) is 14.4 Å². The molecule has 0 saturated carbocycles. The summed E-state index contributed by atoms with van der Waals surface area (Å²) in [5.74, 6) is -0.872. The summed E-state index contributed by atoms with van der Waals surface area (Å²) in [5.41, 5.74) is 0. The van der Waals surface area contributed by atoms with Crippen molar-refractivity contribution in [2.75, 3.05) is 13.2 Å². The molecule has 6 nitrogen and oxygen atoms in total. The highest BCUT2D eigenvalue weighted by atomic mass is 16.6. The SMILES string of the molecule is CC/C=C\C/C=C\C/C=C\C/C=C\CCCCCCCCCCCCCCC(=O)OCC(COC(=O)CCCCCCC/C=C\CCCC)OC(=O)CCCCCCCCCCCCCCCCC. The second kappa shape index (κ2) is 57.7. The molecule has 0 rings (SSSR count). The van der Waals surface area contributed by atoms with E-state index in [1.807, 2.05) is 0 Å². The van der Waals surface area contributed by atoms with Gasteiger partial charge in [0, 0.05) is 19.3 Å². The van der Waals surface area contributed by atoms with Gasteiger partial charge in [-0.15, -0.1) is 0 Å². The zero-order valence-corrected chi connectivity index (χ0v) is 45.8. The summed E-state index contributed by atoms with van der Waals surface area (Å²) < 4.78 is 16.9. The summed E-state index contributed by atoms with van der Waals surface area (Å²) in [7, 11) is 0. The molecule has 69 heavy (non-hydrogen) atoms. The molecule has 0 fully saturated rings. The zero-order valence-electron chi connectivity index (χ0n) is 45.8. The van der Waals surface area contributed by atoms with Crippen LogP contribution in [0.4, 0.5) is 0 Å². The monoisotopic (exact) mass is 965 g/mol. The molecule has 0 radical (unpaired) electrons. The summed E-state index contributed by atoms with van der Waals surface area (Å²) >= 11 is 0. The van der Waals surface area contributed by atoms with E-state index in [-0.39, 0.29) is 31.1 Å². The highest BCUT2D eigenvalue weighted by Crippen LogP contribution is 2.17. The van der Waals surface area contributed by atoms with Crippen LogP contribution in [0.25, 0.3) is 0 Å². The van der Waals surface area contributed by atoms with Crippen LogP contribution in [0, 0.1) is 0 Å². The molecule has 0 aromatic carbocycles. The topological polar surface area (TPSA) is 78.9 Å². The number of hydrogen-bond donors (Lipinski definition) is 0. The third-order valence-corrected chi connectivity index (χ3v) is 13.0. The fraction of sp³-hybridized carbons (Fsp3) is 0.794. The molecule has 0 aliphatic rings. The summed E-state index contributed by atoms with van der Waals surface area (Å²) in [6, 6.07) is 0. The molecule has 0 amide bonds. The van der Waals surface area contributed by atoms with E-state index >= 15 is 0 Å².